The Hall–Kier alpha value is -3.35. The molecule has 2 heterocycles. The van der Waals surface area contributed by atoms with E-state index in [1.54, 1.807) is 18.2 Å². The molecule has 1 aromatic carbocycles. The summed E-state index contributed by atoms with van der Waals surface area (Å²) in [6.07, 6.45) is 7.91. The van der Waals surface area contributed by atoms with Gasteiger partial charge in [0.1, 0.15) is 5.76 Å². The largest absolute Gasteiger partial charge is 0.465 e. The lowest BCUT2D eigenvalue weighted by atomic mass is 10.1. The van der Waals surface area contributed by atoms with Gasteiger partial charge < -0.3 is 20.0 Å². The maximum atomic E-state index is 12.6. The standard InChI is InChI=1S/C23H27N3O4/c27-21(10-9-20-8-5-15-30-20)24-12-11-22(28)25-17-18-6-4-7-19(16-18)23(29)26-13-2-1-3-14-26/h4-10,15-16H,1-3,11-14,17H2,(H,24,27)(H,25,28)/b10-9+. The van der Waals surface area contributed by atoms with Crippen LogP contribution in [0.2, 0.25) is 0 Å². The fourth-order valence-electron chi connectivity index (χ4n) is 3.29. The van der Waals surface area contributed by atoms with Crippen LogP contribution in [0.4, 0.5) is 0 Å². The van der Waals surface area contributed by atoms with Crippen LogP contribution < -0.4 is 10.6 Å². The van der Waals surface area contributed by atoms with Gasteiger partial charge in [0.15, 0.2) is 0 Å². The Morgan fingerprint density at radius 2 is 1.87 bits per heavy atom. The van der Waals surface area contributed by atoms with Crippen LogP contribution in [0.3, 0.4) is 0 Å². The predicted octanol–water partition coefficient (Wildman–Crippen LogP) is 2.74. The molecule has 0 spiro atoms. The summed E-state index contributed by atoms with van der Waals surface area (Å²) in [4.78, 5) is 38.3. The van der Waals surface area contributed by atoms with E-state index >= 15 is 0 Å². The van der Waals surface area contributed by atoms with E-state index in [4.69, 9.17) is 4.42 Å². The van der Waals surface area contributed by atoms with Crippen molar-refractivity contribution in [3.05, 3.63) is 65.6 Å². The van der Waals surface area contributed by atoms with Crippen LogP contribution in [-0.4, -0.2) is 42.3 Å². The van der Waals surface area contributed by atoms with E-state index in [2.05, 4.69) is 10.6 Å². The average molecular weight is 409 g/mol. The monoisotopic (exact) mass is 409 g/mol. The second kappa shape index (κ2) is 11.0. The number of piperidine rings is 1. The van der Waals surface area contributed by atoms with Gasteiger partial charge in [-0.3, -0.25) is 14.4 Å². The smallest absolute Gasteiger partial charge is 0.253 e. The van der Waals surface area contributed by atoms with Gasteiger partial charge in [-0.2, -0.15) is 0 Å². The Morgan fingerprint density at radius 1 is 1.03 bits per heavy atom. The van der Waals surface area contributed by atoms with Crippen molar-refractivity contribution in [2.24, 2.45) is 0 Å². The van der Waals surface area contributed by atoms with Crippen molar-refractivity contribution >= 4 is 23.8 Å². The van der Waals surface area contributed by atoms with E-state index in [9.17, 15) is 14.4 Å². The summed E-state index contributed by atoms with van der Waals surface area (Å²) < 4.78 is 5.10. The van der Waals surface area contributed by atoms with Gasteiger partial charge in [0.2, 0.25) is 11.8 Å². The number of benzene rings is 1. The molecule has 0 aliphatic carbocycles. The molecular weight excluding hydrogens is 382 g/mol. The van der Waals surface area contributed by atoms with Gasteiger partial charge >= 0.3 is 0 Å². The van der Waals surface area contributed by atoms with Crippen molar-refractivity contribution in [3.8, 4) is 0 Å². The third kappa shape index (κ3) is 6.62. The molecule has 1 fully saturated rings. The average Bonchev–Trinajstić information content (AvgIpc) is 3.30. The number of carbonyl (C=O) groups is 3. The number of furan rings is 1. The number of amides is 3. The number of nitrogens with zero attached hydrogens (tertiary/aromatic N) is 1. The maximum absolute atomic E-state index is 12.6. The van der Waals surface area contributed by atoms with Crippen LogP contribution in [0.5, 0.6) is 0 Å². The molecule has 1 saturated heterocycles. The second-order valence-corrected chi connectivity index (χ2v) is 7.22. The molecule has 3 rings (SSSR count). The zero-order chi connectivity index (χ0) is 21.2. The molecule has 2 N–H and O–H groups in total. The van der Waals surface area contributed by atoms with Crippen molar-refractivity contribution in [3.63, 3.8) is 0 Å². The Morgan fingerprint density at radius 3 is 2.63 bits per heavy atom. The van der Waals surface area contributed by atoms with Crippen LogP contribution in [-0.2, 0) is 16.1 Å². The summed E-state index contributed by atoms with van der Waals surface area (Å²) in [5, 5.41) is 5.48. The zero-order valence-corrected chi connectivity index (χ0v) is 16.9. The molecule has 30 heavy (non-hydrogen) atoms. The minimum atomic E-state index is -0.289. The Balaban J connectivity index is 1.39. The van der Waals surface area contributed by atoms with E-state index in [0.717, 1.165) is 31.5 Å². The normalized spacial score (nSPS) is 13.9. The van der Waals surface area contributed by atoms with Gasteiger partial charge in [0.05, 0.1) is 6.26 Å². The topological polar surface area (TPSA) is 91.6 Å². The van der Waals surface area contributed by atoms with Crippen LogP contribution in [0.25, 0.3) is 6.08 Å². The van der Waals surface area contributed by atoms with E-state index < -0.39 is 0 Å². The molecule has 158 valence electrons. The minimum absolute atomic E-state index is 0.0493. The van der Waals surface area contributed by atoms with Gasteiger partial charge in [0, 0.05) is 44.2 Å². The quantitative estimate of drug-likeness (QED) is 0.656. The first kappa shape index (κ1) is 21.4. The highest BCUT2D eigenvalue weighted by Crippen LogP contribution is 2.14. The van der Waals surface area contributed by atoms with Gasteiger partial charge in [-0.15, -0.1) is 0 Å². The van der Waals surface area contributed by atoms with Gasteiger partial charge in [-0.1, -0.05) is 12.1 Å². The molecule has 7 nitrogen and oxygen atoms in total. The number of hydrogen-bond acceptors (Lipinski definition) is 4. The van der Waals surface area contributed by atoms with E-state index in [1.807, 2.05) is 29.2 Å². The van der Waals surface area contributed by atoms with E-state index in [0.29, 0.717) is 17.9 Å². The van der Waals surface area contributed by atoms with Gasteiger partial charge in [0.25, 0.3) is 5.91 Å². The summed E-state index contributed by atoms with van der Waals surface area (Å²) in [6, 6.07) is 10.8. The third-order valence-corrected chi connectivity index (χ3v) is 4.90. The second-order valence-electron chi connectivity index (χ2n) is 7.22. The van der Waals surface area contributed by atoms with Gasteiger partial charge in [-0.25, -0.2) is 0 Å². The van der Waals surface area contributed by atoms with Crippen molar-refractivity contribution in [2.45, 2.75) is 32.2 Å². The molecule has 0 radical (unpaired) electrons. The van der Waals surface area contributed by atoms with Crippen LogP contribution in [0.1, 0.15) is 47.4 Å². The number of hydrogen-bond donors (Lipinski definition) is 2. The molecule has 1 aromatic heterocycles. The van der Waals surface area contributed by atoms with Crippen LogP contribution in [0, 0.1) is 0 Å². The molecule has 7 heteroatoms. The molecule has 0 atom stereocenters. The molecule has 2 aromatic rings. The highest BCUT2D eigenvalue weighted by Gasteiger charge is 2.18. The third-order valence-electron chi connectivity index (χ3n) is 4.90. The number of carbonyl (C=O) groups excluding carboxylic acids is 3. The molecule has 3 amide bonds. The van der Waals surface area contributed by atoms with Crippen LogP contribution in [0.15, 0.2) is 53.2 Å². The summed E-state index contributed by atoms with van der Waals surface area (Å²) in [6.45, 7) is 2.19. The Kier molecular flexibility index (Phi) is 7.83. The highest BCUT2D eigenvalue weighted by molar-refractivity contribution is 5.94. The van der Waals surface area contributed by atoms with E-state index in [1.165, 1.54) is 18.8 Å². The van der Waals surface area contributed by atoms with Gasteiger partial charge in [-0.05, 0) is 55.2 Å². The first-order valence-electron chi connectivity index (χ1n) is 10.3. The lowest BCUT2D eigenvalue weighted by Crippen LogP contribution is -2.35. The molecule has 0 bridgehead atoms. The first-order valence-corrected chi connectivity index (χ1v) is 10.3. The summed E-state index contributed by atoms with van der Waals surface area (Å²) in [5.41, 5.74) is 1.52. The Labute approximate surface area is 176 Å². The van der Waals surface area contributed by atoms with Crippen molar-refractivity contribution in [1.29, 1.82) is 0 Å². The SMILES string of the molecule is O=C(/C=C/c1ccco1)NCCC(=O)NCc1cccc(C(=O)N2CCCCC2)c1. The van der Waals surface area contributed by atoms with Crippen molar-refractivity contribution < 1.29 is 18.8 Å². The predicted molar refractivity (Wildman–Crippen MR) is 113 cm³/mol. The molecule has 0 saturated carbocycles. The summed E-state index contributed by atoms with van der Waals surface area (Å²) in [5.74, 6) is 0.179. The Bertz CT molecular complexity index is 884. The molecule has 0 unspecified atom stereocenters. The lowest BCUT2D eigenvalue weighted by Gasteiger charge is -2.26. The fourth-order valence-corrected chi connectivity index (χ4v) is 3.29. The van der Waals surface area contributed by atoms with E-state index in [-0.39, 0.29) is 30.7 Å². The fraction of sp³-hybridized carbons (Fsp3) is 0.348. The molecule has 1 aliphatic rings. The molecular formula is C23H27N3O4. The zero-order valence-electron chi connectivity index (χ0n) is 16.9. The molecule has 1 aliphatic heterocycles. The van der Waals surface area contributed by atoms with Crippen molar-refractivity contribution in [2.75, 3.05) is 19.6 Å². The number of rotatable bonds is 8. The highest BCUT2D eigenvalue weighted by atomic mass is 16.3. The number of likely N-dealkylation sites (tertiary alicyclic amines) is 1. The van der Waals surface area contributed by atoms with Crippen LogP contribution >= 0.6 is 0 Å². The van der Waals surface area contributed by atoms with Crippen molar-refractivity contribution in [1.82, 2.24) is 15.5 Å². The lowest BCUT2D eigenvalue weighted by molar-refractivity contribution is -0.121. The number of nitrogens with one attached hydrogen (secondary N) is 2. The summed E-state index contributed by atoms with van der Waals surface area (Å²) >= 11 is 0. The maximum Gasteiger partial charge on any atom is 0.253 e. The summed E-state index contributed by atoms with van der Waals surface area (Å²) in [7, 11) is 0. The first-order chi connectivity index (χ1) is 14.6. The minimum Gasteiger partial charge on any atom is -0.465 e.